The van der Waals surface area contributed by atoms with Gasteiger partial charge in [-0.25, -0.2) is 18.4 Å². The summed E-state index contributed by atoms with van der Waals surface area (Å²) in [6, 6.07) is 10.9. The third kappa shape index (κ3) is 5.22. The zero-order valence-corrected chi connectivity index (χ0v) is 18.0. The number of carbonyl (C=O) groups excluding carboxylic acids is 1. The van der Waals surface area contributed by atoms with E-state index in [1.54, 1.807) is 12.1 Å². The molecule has 0 aliphatic carbocycles. The molecule has 9 heteroatoms. The van der Waals surface area contributed by atoms with Gasteiger partial charge in [0.1, 0.15) is 13.2 Å². The van der Waals surface area contributed by atoms with Gasteiger partial charge in [-0.3, -0.25) is 0 Å². The van der Waals surface area contributed by atoms with E-state index in [2.05, 4.69) is 10.6 Å². The van der Waals surface area contributed by atoms with Crippen molar-refractivity contribution in [2.45, 2.75) is 37.8 Å². The first-order valence-electron chi connectivity index (χ1n) is 9.74. The summed E-state index contributed by atoms with van der Waals surface area (Å²) in [6.45, 7) is 6.89. The summed E-state index contributed by atoms with van der Waals surface area (Å²) in [5.41, 5.74) is 1.69. The maximum absolute atomic E-state index is 12.6. The summed E-state index contributed by atoms with van der Waals surface area (Å²) in [6.07, 6.45) is 0. The average molecular weight is 434 g/mol. The van der Waals surface area contributed by atoms with Gasteiger partial charge in [0.25, 0.3) is 0 Å². The second kappa shape index (κ2) is 8.93. The van der Waals surface area contributed by atoms with Crippen molar-refractivity contribution in [3.63, 3.8) is 0 Å². The van der Waals surface area contributed by atoms with Crippen molar-refractivity contribution in [2.75, 3.05) is 13.2 Å². The van der Waals surface area contributed by atoms with E-state index >= 15 is 0 Å². The number of urea groups is 1. The van der Waals surface area contributed by atoms with Gasteiger partial charge in [0.15, 0.2) is 11.5 Å². The number of hydrogen-bond acceptors (Lipinski definition) is 5. The molecule has 0 saturated carbocycles. The Balaban J connectivity index is 1.68. The van der Waals surface area contributed by atoms with E-state index < -0.39 is 10.0 Å². The number of rotatable bonds is 6. The van der Waals surface area contributed by atoms with E-state index in [4.69, 9.17) is 14.6 Å². The first kappa shape index (κ1) is 21.9. The predicted molar refractivity (Wildman–Crippen MR) is 113 cm³/mol. The normalized spacial score (nSPS) is 15.4. The van der Waals surface area contributed by atoms with Crippen molar-refractivity contribution >= 4 is 16.1 Å². The van der Waals surface area contributed by atoms with Crippen LogP contribution in [-0.4, -0.2) is 27.7 Å². The highest BCUT2D eigenvalue weighted by Gasteiger charge is 2.22. The number of amides is 2. The number of fused-ring (bicyclic) bond motifs is 1. The maximum atomic E-state index is 12.6. The average Bonchev–Trinajstić information content (AvgIpc) is 2.71. The standard InChI is InChI=1S/C21H27N3O5S/c1-13(2)20(16-6-9-18-19(12-16)29-11-10-28-18)24-21(25)23-14(3)15-4-7-17(8-5-15)30(22,26)27/h4-9,12-14,20H,10-11H2,1-3H3,(H2,22,26,27)(H2,23,24,25)/t14-,20-/m1/s1. The molecular weight excluding hydrogens is 406 g/mol. The Morgan fingerprint density at radius 3 is 2.13 bits per heavy atom. The summed E-state index contributed by atoms with van der Waals surface area (Å²) in [4.78, 5) is 12.7. The number of nitrogens with two attached hydrogens (primary N) is 1. The Bertz CT molecular complexity index is 1010. The monoisotopic (exact) mass is 433 g/mol. The smallest absolute Gasteiger partial charge is 0.315 e. The first-order chi connectivity index (χ1) is 14.1. The lowest BCUT2D eigenvalue weighted by molar-refractivity contribution is 0.171. The molecule has 162 valence electrons. The third-order valence-electron chi connectivity index (χ3n) is 4.93. The minimum Gasteiger partial charge on any atom is -0.486 e. The van der Waals surface area contributed by atoms with Gasteiger partial charge in [-0.05, 0) is 48.2 Å². The van der Waals surface area contributed by atoms with Crippen LogP contribution in [0.15, 0.2) is 47.4 Å². The minimum absolute atomic E-state index is 0.0291. The van der Waals surface area contributed by atoms with E-state index in [0.29, 0.717) is 24.7 Å². The lowest BCUT2D eigenvalue weighted by atomic mass is 9.95. The molecule has 2 aromatic rings. The van der Waals surface area contributed by atoms with E-state index in [1.165, 1.54) is 12.1 Å². The number of sulfonamides is 1. The molecule has 1 aliphatic heterocycles. The Kier molecular flexibility index (Phi) is 6.52. The van der Waals surface area contributed by atoms with Crippen molar-refractivity contribution < 1.29 is 22.7 Å². The molecule has 0 saturated heterocycles. The lowest BCUT2D eigenvalue weighted by Gasteiger charge is -2.26. The molecule has 0 unspecified atom stereocenters. The quantitative estimate of drug-likeness (QED) is 0.647. The van der Waals surface area contributed by atoms with Crippen LogP contribution in [0.1, 0.15) is 44.0 Å². The molecule has 3 rings (SSSR count). The number of carbonyl (C=O) groups is 1. The number of ether oxygens (including phenoxy) is 2. The van der Waals surface area contributed by atoms with Crippen molar-refractivity contribution in [3.8, 4) is 11.5 Å². The molecule has 0 spiro atoms. The molecule has 0 radical (unpaired) electrons. The van der Waals surface area contributed by atoms with Crippen LogP contribution >= 0.6 is 0 Å². The summed E-state index contributed by atoms with van der Waals surface area (Å²) >= 11 is 0. The maximum Gasteiger partial charge on any atom is 0.315 e. The molecule has 4 N–H and O–H groups in total. The van der Waals surface area contributed by atoms with Crippen molar-refractivity contribution in [1.82, 2.24) is 10.6 Å². The highest BCUT2D eigenvalue weighted by Crippen LogP contribution is 2.34. The second-order valence-corrected chi connectivity index (χ2v) is 9.14. The fourth-order valence-electron chi connectivity index (χ4n) is 3.30. The topological polar surface area (TPSA) is 120 Å². The van der Waals surface area contributed by atoms with Crippen LogP contribution in [0.5, 0.6) is 11.5 Å². The predicted octanol–water partition coefficient (Wildman–Crippen LogP) is 2.86. The van der Waals surface area contributed by atoms with Gasteiger partial charge in [-0.1, -0.05) is 32.0 Å². The molecule has 0 aromatic heterocycles. The van der Waals surface area contributed by atoms with Crippen LogP contribution in [0.4, 0.5) is 4.79 Å². The zero-order valence-electron chi connectivity index (χ0n) is 17.2. The number of benzene rings is 2. The van der Waals surface area contributed by atoms with Crippen LogP contribution in [0, 0.1) is 5.92 Å². The lowest BCUT2D eigenvalue weighted by Crippen LogP contribution is -2.40. The van der Waals surface area contributed by atoms with Gasteiger partial charge < -0.3 is 20.1 Å². The first-order valence-corrected chi connectivity index (χ1v) is 11.3. The number of nitrogens with one attached hydrogen (secondary N) is 2. The Hall–Kier alpha value is -2.78. The molecule has 2 atom stereocenters. The summed E-state index contributed by atoms with van der Waals surface area (Å²) in [5, 5.41) is 11.0. The van der Waals surface area contributed by atoms with Crippen molar-refractivity contribution in [1.29, 1.82) is 0 Å². The molecule has 0 fully saturated rings. The van der Waals surface area contributed by atoms with Crippen LogP contribution in [0.3, 0.4) is 0 Å². The zero-order chi connectivity index (χ0) is 21.9. The van der Waals surface area contributed by atoms with Gasteiger partial charge in [-0.2, -0.15) is 0 Å². The molecule has 2 aromatic carbocycles. The van der Waals surface area contributed by atoms with Gasteiger partial charge >= 0.3 is 6.03 Å². The largest absolute Gasteiger partial charge is 0.486 e. The van der Waals surface area contributed by atoms with Crippen LogP contribution in [0.2, 0.25) is 0 Å². The van der Waals surface area contributed by atoms with Crippen LogP contribution < -0.4 is 25.2 Å². The highest BCUT2D eigenvalue weighted by atomic mass is 32.2. The summed E-state index contributed by atoms with van der Waals surface area (Å²) in [5.74, 6) is 1.52. The van der Waals surface area contributed by atoms with E-state index in [9.17, 15) is 13.2 Å². The van der Waals surface area contributed by atoms with Gasteiger partial charge in [0, 0.05) is 0 Å². The van der Waals surface area contributed by atoms with Crippen LogP contribution in [-0.2, 0) is 10.0 Å². The van der Waals surface area contributed by atoms with E-state index in [0.717, 1.165) is 11.1 Å². The minimum atomic E-state index is -3.75. The summed E-state index contributed by atoms with van der Waals surface area (Å²) < 4.78 is 34.0. The fourth-order valence-corrected chi connectivity index (χ4v) is 3.81. The molecule has 1 aliphatic rings. The molecule has 2 amide bonds. The third-order valence-corrected chi connectivity index (χ3v) is 5.86. The Morgan fingerprint density at radius 1 is 0.933 bits per heavy atom. The van der Waals surface area contributed by atoms with Crippen LogP contribution in [0.25, 0.3) is 0 Å². The molecule has 0 bridgehead atoms. The fraction of sp³-hybridized carbons (Fsp3) is 0.381. The molecular formula is C21H27N3O5S. The highest BCUT2D eigenvalue weighted by molar-refractivity contribution is 7.89. The Morgan fingerprint density at radius 2 is 1.53 bits per heavy atom. The molecule has 30 heavy (non-hydrogen) atoms. The van der Waals surface area contributed by atoms with E-state index in [1.807, 2.05) is 39.0 Å². The van der Waals surface area contributed by atoms with E-state index in [-0.39, 0.29) is 28.9 Å². The number of hydrogen-bond donors (Lipinski definition) is 3. The van der Waals surface area contributed by atoms with Crippen molar-refractivity contribution in [3.05, 3.63) is 53.6 Å². The van der Waals surface area contributed by atoms with Gasteiger partial charge in [-0.15, -0.1) is 0 Å². The van der Waals surface area contributed by atoms with Gasteiger partial charge in [0.05, 0.1) is 17.0 Å². The molecule has 1 heterocycles. The van der Waals surface area contributed by atoms with Gasteiger partial charge in [0.2, 0.25) is 10.0 Å². The number of primary sulfonamides is 1. The molecule has 8 nitrogen and oxygen atoms in total. The SMILES string of the molecule is CC(C)[C@@H](NC(=O)N[C@H](C)c1ccc(S(N)(=O)=O)cc1)c1ccc2c(c1)OCCO2. The van der Waals surface area contributed by atoms with Crippen molar-refractivity contribution in [2.24, 2.45) is 11.1 Å². The summed E-state index contributed by atoms with van der Waals surface area (Å²) in [7, 11) is -3.75. The Labute approximate surface area is 176 Å². The second-order valence-electron chi connectivity index (χ2n) is 7.58.